The van der Waals surface area contributed by atoms with E-state index in [-0.39, 0.29) is 12.1 Å². The monoisotopic (exact) mass is 288 g/mol. The quantitative estimate of drug-likeness (QED) is 0.895. The van der Waals surface area contributed by atoms with Crippen LogP contribution in [0.25, 0.3) is 0 Å². The van der Waals surface area contributed by atoms with Gasteiger partial charge in [0.2, 0.25) is 0 Å². The second-order valence-corrected chi connectivity index (χ2v) is 5.57. The third-order valence-corrected chi connectivity index (χ3v) is 4.22. The Morgan fingerprint density at radius 3 is 2.89 bits per heavy atom. The summed E-state index contributed by atoms with van der Waals surface area (Å²) >= 11 is 12.1. The van der Waals surface area contributed by atoms with E-state index in [9.17, 15) is 5.11 Å². The Balaban J connectivity index is 1.91. The molecule has 1 fully saturated rings. The summed E-state index contributed by atoms with van der Waals surface area (Å²) in [5, 5.41) is 10.5. The van der Waals surface area contributed by atoms with Crippen molar-refractivity contribution in [3.8, 4) is 0 Å². The molecule has 5 heteroatoms. The number of hydrogen-bond acceptors (Lipinski definition) is 3. The van der Waals surface area contributed by atoms with E-state index in [1.54, 1.807) is 6.07 Å². The number of hydrogen-bond donors (Lipinski definition) is 2. The van der Waals surface area contributed by atoms with Gasteiger partial charge in [-0.2, -0.15) is 0 Å². The van der Waals surface area contributed by atoms with Crippen molar-refractivity contribution in [2.45, 2.75) is 25.0 Å². The van der Waals surface area contributed by atoms with Crippen LogP contribution in [0.1, 0.15) is 24.4 Å². The highest BCUT2D eigenvalue weighted by Gasteiger charge is 2.21. The van der Waals surface area contributed by atoms with Gasteiger partial charge in [-0.3, -0.25) is 0 Å². The number of rotatable bonds is 4. The molecule has 1 saturated heterocycles. The standard InChI is InChI=1S/C13H18Cl2N2O/c14-11-3-1-2-10(13(11)15)12(16)5-7-17-6-4-9(18)8-17/h1-3,9,12,18H,4-8,16H2. The first-order valence-electron chi connectivity index (χ1n) is 6.18. The maximum absolute atomic E-state index is 9.45. The summed E-state index contributed by atoms with van der Waals surface area (Å²) in [6.07, 6.45) is 1.48. The molecule has 1 aromatic carbocycles. The summed E-state index contributed by atoms with van der Waals surface area (Å²) < 4.78 is 0. The van der Waals surface area contributed by atoms with Gasteiger partial charge in [-0.15, -0.1) is 0 Å². The molecule has 0 aromatic heterocycles. The van der Waals surface area contributed by atoms with E-state index in [0.29, 0.717) is 10.0 Å². The van der Waals surface area contributed by atoms with E-state index >= 15 is 0 Å². The van der Waals surface area contributed by atoms with Gasteiger partial charge in [-0.05, 0) is 24.5 Å². The molecule has 2 rings (SSSR count). The first-order chi connectivity index (χ1) is 8.58. The lowest BCUT2D eigenvalue weighted by Gasteiger charge is -2.19. The van der Waals surface area contributed by atoms with E-state index in [0.717, 1.165) is 38.0 Å². The number of likely N-dealkylation sites (tertiary alicyclic amines) is 1. The predicted molar refractivity (Wildman–Crippen MR) is 75.1 cm³/mol. The fraction of sp³-hybridized carbons (Fsp3) is 0.538. The average molecular weight is 289 g/mol. The Morgan fingerprint density at radius 1 is 1.44 bits per heavy atom. The van der Waals surface area contributed by atoms with Crippen LogP contribution in [-0.2, 0) is 0 Å². The fourth-order valence-electron chi connectivity index (χ4n) is 2.30. The lowest BCUT2D eigenvalue weighted by atomic mass is 10.0. The van der Waals surface area contributed by atoms with Crippen molar-refractivity contribution in [3.05, 3.63) is 33.8 Å². The van der Waals surface area contributed by atoms with Crippen LogP contribution in [0.4, 0.5) is 0 Å². The SMILES string of the molecule is NC(CCN1CCC(O)C1)c1cccc(Cl)c1Cl. The van der Waals surface area contributed by atoms with Crippen molar-refractivity contribution in [2.75, 3.05) is 19.6 Å². The predicted octanol–water partition coefficient (Wildman–Crippen LogP) is 2.45. The van der Waals surface area contributed by atoms with Gasteiger partial charge < -0.3 is 15.7 Å². The zero-order chi connectivity index (χ0) is 13.1. The van der Waals surface area contributed by atoms with Crippen LogP contribution in [0.5, 0.6) is 0 Å². The smallest absolute Gasteiger partial charge is 0.0679 e. The van der Waals surface area contributed by atoms with Crippen molar-refractivity contribution in [1.82, 2.24) is 4.90 Å². The molecule has 0 amide bonds. The van der Waals surface area contributed by atoms with E-state index in [4.69, 9.17) is 28.9 Å². The topological polar surface area (TPSA) is 49.5 Å². The number of aliphatic hydroxyl groups excluding tert-OH is 1. The molecule has 0 saturated carbocycles. The molecule has 2 unspecified atom stereocenters. The molecular weight excluding hydrogens is 271 g/mol. The molecule has 0 spiro atoms. The van der Waals surface area contributed by atoms with Gasteiger partial charge in [0.05, 0.1) is 16.1 Å². The van der Waals surface area contributed by atoms with Crippen LogP contribution >= 0.6 is 23.2 Å². The minimum absolute atomic E-state index is 0.117. The fourth-order valence-corrected chi connectivity index (χ4v) is 2.75. The van der Waals surface area contributed by atoms with Crippen LogP contribution in [0.3, 0.4) is 0 Å². The summed E-state index contributed by atoms with van der Waals surface area (Å²) in [6.45, 7) is 2.56. The van der Waals surface area contributed by atoms with Crippen molar-refractivity contribution in [1.29, 1.82) is 0 Å². The lowest BCUT2D eigenvalue weighted by molar-refractivity contribution is 0.175. The Bertz CT molecular complexity index is 414. The Morgan fingerprint density at radius 2 is 2.22 bits per heavy atom. The van der Waals surface area contributed by atoms with Gasteiger partial charge in [0.15, 0.2) is 0 Å². The maximum Gasteiger partial charge on any atom is 0.0679 e. The van der Waals surface area contributed by atoms with Gasteiger partial charge in [0, 0.05) is 25.7 Å². The molecule has 100 valence electrons. The number of β-amino-alcohol motifs (C(OH)–C–C–N with tert-alkyl or cyclic N) is 1. The highest BCUT2D eigenvalue weighted by atomic mass is 35.5. The van der Waals surface area contributed by atoms with Crippen molar-refractivity contribution >= 4 is 23.2 Å². The van der Waals surface area contributed by atoms with Crippen LogP contribution in [0.15, 0.2) is 18.2 Å². The average Bonchev–Trinajstić information content (AvgIpc) is 2.76. The molecule has 1 aromatic rings. The number of halogens is 2. The molecule has 2 atom stereocenters. The summed E-state index contributed by atoms with van der Waals surface area (Å²) in [5.41, 5.74) is 7.04. The van der Waals surface area contributed by atoms with Gasteiger partial charge in [-0.25, -0.2) is 0 Å². The summed E-state index contributed by atoms with van der Waals surface area (Å²) in [7, 11) is 0. The van der Waals surface area contributed by atoms with Gasteiger partial charge in [-0.1, -0.05) is 35.3 Å². The van der Waals surface area contributed by atoms with E-state index in [1.807, 2.05) is 12.1 Å². The summed E-state index contributed by atoms with van der Waals surface area (Å²) in [4.78, 5) is 2.23. The molecule has 18 heavy (non-hydrogen) atoms. The Labute approximate surface area is 117 Å². The number of aliphatic hydroxyl groups is 1. The highest BCUT2D eigenvalue weighted by Crippen LogP contribution is 2.30. The minimum Gasteiger partial charge on any atom is -0.392 e. The molecule has 1 heterocycles. The third kappa shape index (κ3) is 3.37. The molecule has 1 aliphatic rings. The molecule has 3 N–H and O–H groups in total. The lowest BCUT2D eigenvalue weighted by Crippen LogP contribution is -2.26. The second kappa shape index (κ2) is 6.22. The third-order valence-electron chi connectivity index (χ3n) is 3.38. The second-order valence-electron chi connectivity index (χ2n) is 4.78. The van der Waals surface area contributed by atoms with Gasteiger partial charge in [0.1, 0.15) is 0 Å². The molecule has 0 radical (unpaired) electrons. The Hall–Kier alpha value is -0.320. The first-order valence-corrected chi connectivity index (χ1v) is 6.93. The van der Waals surface area contributed by atoms with E-state index in [1.165, 1.54) is 0 Å². The number of nitrogens with two attached hydrogens (primary N) is 1. The van der Waals surface area contributed by atoms with Gasteiger partial charge >= 0.3 is 0 Å². The molecule has 1 aliphatic heterocycles. The van der Waals surface area contributed by atoms with Crippen molar-refractivity contribution < 1.29 is 5.11 Å². The van der Waals surface area contributed by atoms with Crippen LogP contribution < -0.4 is 5.73 Å². The van der Waals surface area contributed by atoms with Crippen LogP contribution in [0, 0.1) is 0 Å². The normalized spacial score (nSPS) is 22.3. The molecule has 0 aliphatic carbocycles. The van der Waals surface area contributed by atoms with Crippen molar-refractivity contribution in [2.24, 2.45) is 5.73 Å². The first kappa shape index (κ1) is 14.1. The summed E-state index contributed by atoms with van der Waals surface area (Å²) in [6, 6.07) is 5.42. The Kier molecular flexibility index (Phi) is 4.87. The van der Waals surface area contributed by atoms with Gasteiger partial charge in [0.25, 0.3) is 0 Å². The van der Waals surface area contributed by atoms with Crippen LogP contribution in [-0.4, -0.2) is 35.7 Å². The minimum atomic E-state index is -0.184. The molecule has 3 nitrogen and oxygen atoms in total. The molecular formula is C13H18Cl2N2O. The van der Waals surface area contributed by atoms with E-state index in [2.05, 4.69) is 4.90 Å². The molecule has 0 bridgehead atoms. The summed E-state index contributed by atoms with van der Waals surface area (Å²) in [5.74, 6) is 0. The van der Waals surface area contributed by atoms with Crippen LogP contribution in [0.2, 0.25) is 10.0 Å². The number of nitrogens with zero attached hydrogens (tertiary/aromatic N) is 1. The number of benzene rings is 1. The zero-order valence-electron chi connectivity index (χ0n) is 10.1. The highest BCUT2D eigenvalue weighted by molar-refractivity contribution is 6.42. The zero-order valence-corrected chi connectivity index (χ0v) is 11.7. The largest absolute Gasteiger partial charge is 0.392 e. The van der Waals surface area contributed by atoms with Crippen molar-refractivity contribution in [3.63, 3.8) is 0 Å². The maximum atomic E-state index is 9.45. The van der Waals surface area contributed by atoms with E-state index < -0.39 is 0 Å².